The van der Waals surface area contributed by atoms with Gasteiger partial charge in [0.1, 0.15) is 11.4 Å². The van der Waals surface area contributed by atoms with E-state index in [0.717, 1.165) is 16.8 Å². The summed E-state index contributed by atoms with van der Waals surface area (Å²) in [5, 5.41) is 14.3. The number of alkyl carbamates (subject to hydrolysis) is 1. The van der Waals surface area contributed by atoms with Crippen molar-refractivity contribution in [3.8, 4) is 0 Å². The maximum absolute atomic E-state index is 12.2. The number of anilines is 1. The van der Waals surface area contributed by atoms with Gasteiger partial charge < -0.3 is 20.1 Å². The molecule has 1 amide bonds. The Balaban J connectivity index is 1.98. The van der Waals surface area contributed by atoms with E-state index in [1.165, 1.54) is 0 Å². The number of aliphatic hydroxyl groups is 1. The summed E-state index contributed by atoms with van der Waals surface area (Å²) in [5.41, 5.74) is 1.01. The Labute approximate surface area is 164 Å². The Morgan fingerprint density at radius 1 is 1.44 bits per heavy atom. The molecule has 1 aromatic carbocycles. The zero-order chi connectivity index (χ0) is 19.8. The van der Waals surface area contributed by atoms with Crippen molar-refractivity contribution in [2.24, 2.45) is 0 Å². The largest absolute Gasteiger partial charge is 0.444 e. The van der Waals surface area contributed by atoms with Gasteiger partial charge in [-0.1, -0.05) is 23.7 Å². The third-order valence-corrected chi connectivity index (χ3v) is 4.77. The van der Waals surface area contributed by atoms with E-state index in [1.807, 2.05) is 56.9 Å². The summed E-state index contributed by atoms with van der Waals surface area (Å²) in [7, 11) is 0. The molecule has 0 spiro atoms. The number of carbonyl (C=O) groups is 1. The number of aromatic nitrogens is 1. The molecule has 2 aromatic rings. The number of β-amino-alcohol motifs (C(OH)–C–C–N with tert-alkyl or cyclic N) is 1. The van der Waals surface area contributed by atoms with Gasteiger partial charge in [-0.25, -0.2) is 9.78 Å². The van der Waals surface area contributed by atoms with Crippen LogP contribution in [0.15, 0.2) is 24.3 Å². The predicted octanol–water partition coefficient (Wildman–Crippen LogP) is 4.04. The van der Waals surface area contributed by atoms with Crippen molar-refractivity contribution in [2.45, 2.75) is 51.9 Å². The standard InChI is InChI=1S/C20H26ClN3O3/c1-12(22-19(26)27-20(2,3)4)15-10-13-6-5-7-16(21)17(13)23-18(15)24-9-8-14(25)11-24/h5-7,10,12,14,25H,8-9,11H2,1-4H3,(H,22,26)/t12-,14-/m0/s1. The summed E-state index contributed by atoms with van der Waals surface area (Å²) < 4.78 is 5.37. The van der Waals surface area contributed by atoms with Crippen LogP contribution in [-0.2, 0) is 4.74 Å². The Morgan fingerprint density at radius 2 is 2.19 bits per heavy atom. The third kappa shape index (κ3) is 4.62. The molecule has 1 aromatic heterocycles. The van der Waals surface area contributed by atoms with Crippen molar-refractivity contribution in [1.82, 2.24) is 10.3 Å². The highest BCUT2D eigenvalue weighted by atomic mass is 35.5. The number of para-hydroxylation sites is 1. The first-order valence-corrected chi connectivity index (χ1v) is 9.53. The zero-order valence-electron chi connectivity index (χ0n) is 16.1. The van der Waals surface area contributed by atoms with Crippen LogP contribution in [0.3, 0.4) is 0 Å². The zero-order valence-corrected chi connectivity index (χ0v) is 16.9. The molecule has 3 rings (SSSR count). The molecule has 146 valence electrons. The first-order valence-electron chi connectivity index (χ1n) is 9.16. The molecule has 0 radical (unpaired) electrons. The molecule has 27 heavy (non-hydrogen) atoms. The van der Waals surface area contributed by atoms with Gasteiger partial charge in [-0.15, -0.1) is 0 Å². The van der Waals surface area contributed by atoms with E-state index in [0.29, 0.717) is 30.0 Å². The van der Waals surface area contributed by atoms with Crippen LogP contribution >= 0.6 is 11.6 Å². The summed E-state index contributed by atoms with van der Waals surface area (Å²) >= 11 is 6.33. The Kier molecular flexibility index (Phi) is 5.49. The number of nitrogens with one attached hydrogen (secondary N) is 1. The third-order valence-electron chi connectivity index (χ3n) is 4.47. The molecule has 1 aliphatic rings. The lowest BCUT2D eigenvalue weighted by Gasteiger charge is -2.26. The fraction of sp³-hybridized carbons (Fsp3) is 0.500. The topological polar surface area (TPSA) is 74.7 Å². The first kappa shape index (κ1) is 19.7. The van der Waals surface area contributed by atoms with Crippen molar-refractivity contribution in [2.75, 3.05) is 18.0 Å². The van der Waals surface area contributed by atoms with Gasteiger partial charge in [0.25, 0.3) is 0 Å². The summed E-state index contributed by atoms with van der Waals surface area (Å²) in [6.07, 6.45) is -0.167. The second kappa shape index (κ2) is 7.52. The van der Waals surface area contributed by atoms with E-state index >= 15 is 0 Å². The fourth-order valence-electron chi connectivity index (χ4n) is 3.24. The minimum atomic E-state index is -0.569. The van der Waals surface area contributed by atoms with Gasteiger partial charge in [-0.2, -0.15) is 0 Å². The number of benzene rings is 1. The van der Waals surface area contributed by atoms with E-state index in [9.17, 15) is 9.90 Å². The molecule has 2 atom stereocenters. The fourth-order valence-corrected chi connectivity index (χ4v) is 3.46. The molecular weight excluding hydrogens is 366 g/mol. The second-order valence-corrected chi connectivity index (χ2v) is 8.38. The maximum Gasteiger partial charge on any atom is 0.408 e. The summed E-state index contributed by atoms with van der Waals surface area (Å²) in [6.45, 7) is 8.59. The SMILES string of the molecule is C[C@H](NC(=O)OC(C)(C)C)c1cc2cccc(Cl)c2nc1N1CC[C@H](O)C1. The van der Waals surface area contributed by atoms with E-state index in [4.69, 9.17) is 21.3 Å². The van der Waals surface area contributed by atoms with Crippen molar-refractivity contribution < 1.29 is 14.6 Å². The molecule has 6 nitrogen and oxygen atoms in total. The molecule has 1 aliphatic heterocycles. The minimum Gasteiger partial charge on any atom is -0.444 e. The second-order valence-electron chi connectivity index (χ2n) is 7.97. The lowest BCUT2D eigenvalue weighted by Crippen LogP contribution is -2.35. The highest BCUT2D eigenvalue weighted by Gasteiger charge is 2.27. The van der Waals surface area contributed by atoms with Gasteiger partial charge in [0.2, 0.25) is 0 Å². The van der Waals surface area contributed by atoms with Gasteiger partial charge in [0, 0.05) is 24.0 Å². The molecule has 2 heterocycles. The molecule has 0 bridgehead atoms. The first-order chi connectivity index (χ1) is 12.6. The number of amides is 1. The number of nitrogens with zero attached hydrogens (tertiary/aromatic N) is 2. The lowest BCUT2D eigenvalue weighted by atomic mass is 10.1. The molecule has 0 unspecified atom stereocenters. The highest BCUT2D eigenvalue weighted by Crippen LogP contribution is 2.33. The highest BCUT2D eigenvalue weighted by molar-refractivity contribution is 6.35. The number of carbonyl (C=O) groups excluding carboxylic acids is 1. The monoisotopic (exact) mass is 391 g/mol. The van der Waals surface area contributed by atoms with Crippen LogP contribution in [0.4, 0.5) is 10.6 Å². The number of fused-ring (bicyclic) bond motifs is 1. The van der Waals surface area contributed by atoms with Gasteiger partial charge >= 0.3 is 6.09 Å². The Morgan fingerprint density at radius 3 is 2.81 bits per heavy atom. The van der Waals surface area contributed by atoms with E-state index in [2.05, 4.69) is 5.32 Å². The Bertz CT molecular complexity index is 850. The molecule has 1 saturated heterocycles. The maximum atomic E-state index is 12.2. The number of rotatable bonds is 3. The average molecular weight is 392 g/mol. The average Bonchev–Trinajstić information content (AvgIpc) is 2.98. The van der Waals surface area contributed by atoms with E-state index in [1.54, 1.807) is 0 Å². The predicted molar refractivity (Wildman–Crippen MR) is 107 cm³/mol. The minimum absolute atomic E-state index is 0.316. The van der Waals surface area contributed by atoms with Crippen molar-refractivity contribution >= 4 is 34.4 Å². The summed E-state index contributed by atoms with van der Waals surface area (Å²) in [4.78, 5) is 19.0. The number of hydrogen-bond donors (Lipinski definition) is 2. The van der Waals surface area contributed by atoms with Crippen LogP contribution in [-0.4, -0.2) is 41.0 Å². The van der Waals surface area contributed by atoms with Crippen LogP contribution in [0.1, 0.15) is 45.7 Å². The van der Waals surface area contributed by atoms with Crippen LogP contribution < -0.4 is 10.2 Å². The number of aliphatic hydroxyl groups excluding tert-OH is 1. The number of hydrogen-bond acceptors (Lipinski definition) is 5. The quantitative estimate of drug-likeness (QED) is 0.825. The lowest BCUT2D eigenvalue weighted by molar-refractivity contribution is 0.0508. The van der Waals surface area contributed by atoms with Crippen LogP contribution in [0.25, 0.3) is 10.9 Å². The van der Waals surface area contributed by atoms with E-state index < -0.39 is 11.7 Å². The van der Waals surface area contributed by atoms with Crippen LogP contribution in [0.2, 0.25) is 5.02 Å². The summed E-state index contributed by atoms with van der Waals surface area (Å²) in [5.74, 6) is 0.732. The number of ether oxygens (including phenoxy) is 1. The van der Waals surface area contributed by atoms with Crippen LogP contribution in [0.5, 0.6) is 0 Å². The molecule has 1 fully saturated rings. The smallest absolute Gasteiger partial charge is 0.408 e. The van der Waals surface area contributed by atoms with Crippen molar-refractivity contribution in [1.29, 1.82) is 0 Å². The summed E-state index contributed by atoms with van der Waals surface area (Å²) in [6, 6.07) is 7.31. The van der Waals surface area contributed by atoms with E-state index in [-0.39, 0.29) is 12.1 Å². The molecular formula is C20H26ClN3O3. The normalized spacial score (nSPS) is 18.6. The van der Waals surface area contributed by atoms with Gasteiger partial charge in [-0.3, -0.25) is 0 Å². The Hall–Kier alpha value is -2.05. The van der Waals surface area contributed by atoms with Gasteiger partial charge in [0.05, 0.1) is 22.7 Å². The molecule has 0 aliphatic carbocycles. The van der Waals surface area contributed by atoms with Crippen LogP contribution in [0, 0.1) is 0 Å². The van der Waals surface area contributed by atoms with Gasteiger partial charge in [0.15, 0.2) is 0 Å². The number of halogens is 1. The molecule has 0 saturated carbocycles. The molecule has 2 N–H and O–H groups in total. The number of pyridine rings is 1. The molecule has 7 heteroatoms. The van der Waals surface area contributed by atoms with Gasteiger partial charge in [-0.05, 0) is 46.2 Å². The van der Waals surface area contributed by atoms with Crippen molar-refractivity contribution in [3.63, 3.8) is 0 Å². The van der Waals surface area contributed by atoms with Crippen molar-refractivity contribution in [3.05, 3.63) is 34.9 Å².